The molecule has 5 heteroatoms. The van der Waals surface area contributed by atoms with Crippen LogP contribution < -0.4 is 11.1 Å². The Morgan fingerprint density at radius 1 is 1.71 bits per heavy atom. The molecule has 1 rings (SSSR count). The lowest BCUT2D eigenvalue weighted by Crippen LogP contribution is -2.36. The Kier molecular flexibility index (Phi) is 7.41. The van der Waals surface area contributed by atoms with Gasteiger partial charge in [0.15, 0.2) is 0 Å². The van der Waals surface area contributed by atoms with Crippen LogP contribution in [0.3, 0.4) is 0 Å². The third-order valence-corrected chi connectivity index (χ3v) is 3.73. The van der Waals surface area contributed by atoms with Crippen LogP contribution >= 0.6 is 24.2 Å². The third-order valence-electron chi connectivity index (χ3n) is 2.33. The van der Waals surface area contributed by atoms with Crippen LogP contribution in [-0.4, -0.2) is 30.0 Å². The van der Waals surface area contributed by atoms with Crippen LogP contribution in [0.5, 0.6) is 0 Å². The van der Waals surface area contributed by atoms with Gasteiger partial charge in [-0.2, -0.15) is 11.8 Å². The van der Waals surface area contributed by atoms with Gasteiger partial charge in [0, 0.05) is 24.3 Å². The Bertz CT molecular complexity index is 174. The molecule has 1 saturated heterocycles. The second kappa shape index (κ2) is 7.37. The first-order chi connectivity index (χ1) is 6.24. The van der Waals surface area contributed by atoms with E-state index < -0.39 is 0 Å². The van der Waals surface area contributed by atoms with Crippen LogP contribution in [0, 0.1) is 5.92 Å². The van der Waals surface area contributed by atoms with Crippen LogP contribution in [0.25, 0.3) is 0 Å². The lowest BCUT2D eigenvalue weighted by molar-refractivity contribution is -0.124. The first-order valence-electron chi connectivity index (χ1n) is 4.83. The van der Waals surface area contributed by atoms with Gasteiger partial charge in [0.25, 0.3) is 0 Å². The zero-order valence-corrected chi connectivity index (χ0v) is 10.1. The number of hydrogen-bond acceptors (Lipinski definition) is 3. The second-order valence-corrected chi connectivity index (χ2v) is 4.93. The first-order valence-corrected chi connectivity index (χ1v) is 5.88. The van der Waals surface area contributed by atoms with Crippen molar-refractivity contribution in [2.75, 3.05) is 18.8 Å². The highest BCUT2D eigenvalue weighted by Crippen LogP contribution is 2.25. The van der Waals surface area contributed by atoms with Crippen LogP contribution in [0.4, 0.5) is 0 Å². The zero-order valence-electron chi connectivity index (χ0n) is 8.49. The van der Waals surface area contributed by atoms with Crippen molar-refractivity contribution in [2.45, 2.75) is 25.0 Å². The van der Waals surface area contributed by atoms with E-state index in [0.717, 1.165) is 6.54 Å². The van der Waals surface area contributed by atoms with Gasteiger partial charge in [-0.25, -0.2) is 0 Å². The number of nitrogens with one attached hydrogen (secondary N) is 1. The highest BCUT2D eigenvalue weighted by atomic mass is 35.5. The van der Waals surface area contributed by atoms with E-state index in [9.17, 15) is 4.79 Å². The molecule has 3 N–H and O–H groups in total. The lowest BCUT2D eigenvalue weighted by Gasteiger charge is -2.12. The van der Waals surface area contributed by atoms with Gasteiger partial charge in [-0.3, -0.25) is 4.79 Å². The SMILES string of the molecule is CC(CN)C(=O)NCC1CCCS1.Cl. The van der Waals surface area contributed by atoms with Crippen molar-refractivity contribution < 1.29 is 4.79 Å². The monoisotopic (exact) mass is 238 g/mol. The van der Waals surface area contributed by atoms with Crippen molar-refractivity contribution >= 4 is 30.1 Å². The normalized spacial score (nSPS) is 22.6. The van der Waals surface area contributed by atoms with E-state index in [1.165, 1.54) is 18.6 Å². The molecule has 84 valence electrons. The van der Waals surface area contributed by atoms with Gasteiger partial charge in [0.1, 0.15) is 0 Å². The molecule has 2 atom stereocenters. The molecular formula is C9H19ClN2OS. The fourth-order valence-corrected chi connectivity index (χ4v) is 2.50. The minimum atomic E-state index is -0.0496. The van der Waals surface area contributed by atoms with Crippen molar-refractivity contribution in [3.63, 3.8) is 0 Å². The van der Waals surface area contributed by atoms with Crippen molar-refractivity contribution in [3.05, 3.63) is 0 Å². The quantitative estimate of drug-likeness (QED) is 0.769. The number of carbonyl (C=O) groups is 1. The number of carbonyl (C=O) groups excluding carboxylic acids is 1. The number of amides is 1. The molecule has 1 fully saturated rings. The Morgan fingerprint density at radius 3 is 2.93 bits per heavy atom. The summed E-state index contributed by atoms with van der Waals surface area (Å²) in [6, 6.07) is 0. The summed E-state index contributed by atoms with van der Waals surface area (Å²) in [7, 11) is 0. The predicted molar refractivity (Wildman–Crippen MR) is 64.0 cm³/mol. The largest absolute Gasteiger partial charge is 0.355 e. The minimum absolute atomic E-state index is 0. The van der Waals surface area contributed by atoms with Crippen molar-refractivity contribution in [1.29, 1.82) is 0 Å². The Morgan fingerprint density at radius 2 is 2.43 bits per heavy atom. The molecule has 0 aromatic rings. The molecule has 0 bridgehead atoms. The molecular weight excluding hydrogens is 220 g/mol. The maximum Gasteiger partial charge on any atom is 0.224 e. The summed E-state index contributed by atoms with van der Waals surface area (Å²) in [4.78, 5) is 11.3. The predicted octanol–water partition coefficient (Wildman–Crippen LogP) is 1.01. The molecule has 0 radical (unpaired) electrons. The summed E-state index contributed by atoms with van der Waals surface area (Å²) >= 11 is 1.96. The van der Waals surface area contributed by atoms with Gasteiger partial charge < -0.3 is 11.1 Å². The van der Waals surface area contributed by atoms with Crippen LogP contribution in [0.1, 0.15) is 19.8 Å². The van der Waals surface area contributed by atoms with E-state index in [4.69, 9.17) is 5.73 Å². The Hall–Kier alpha value is 0.0700. The average Bonchev–Trinajstić information content (AvgIpc) is 2.65. The molecule has 0 spiro atoms. The van der Waals surface area contributed by atoms with Crippen LogP contribution in [0.2, 0.25) is 0 Å². The van der Waals surface area contributed by atoms with Gasteiger partial charge >= 0.3 is 0 Å². The summed E-state index contributed by atoms with van der Waals surface area (Å²) in [6.07, 6.45) is 2.53. The minimum Gasteiger partial charge on any atom is -0.355 e. The molecule has 3 nitrogen and oxygen atoms in total. The maximum atomic E-state index is 11.3. The smallest absolute Gasteiger partial charge is 0.224 e. The highest BCUT2D eigenvalue weighted by molar-refractivity contribution is 8.00. The number of halogens is 1. The molecule has 0 aliphatic carbocycles. The van der Waals surface area contributed by atoms with E-state index in [2.05, 4.69) is 5.32 Å². The highest BCUT2D eigenvalue weighted by Gasteiger charge is 2.17. The summed E-state index contributed by atoms with van der Waals surface area (Å²) in [5, 5.41) is 3.57. The Balaban J connectivity index is 0.00000169. The van der Waals surface area contributed by atoms with E-state index in [-0.39, 0.29) is 24.2 Å². The molecule has 14 heavy (non-hydrogen) atoms. The van der Waals surface area contributed by atoms with Gasteiger partial charge in [0.05, 0.1) is 0 Å². The molecule has 2 unspecified atom stereocenters. The van der Waals surface area contributed by atoms with Crippen LogP contribution in [-0.2, 0) is 4.79 Å². The van der Waals surface area contributed by atoms with Gasteiger partial charge in [-0.15, -0.1) is 12.4 Å². The first kappa shape index (κ1) is 14.1. The van der Waals surface area contributed by atoms with Gasteiger partial charge in [-0.05, 0) is 18.6 Å². The average molecular weight is 239 g/mol. The molecule has 1 aliphatic rings. The van der Waals surface area contributed by atoms with Crippen molar-refractivity contribution in [3.8, 4) is 0 Å². The standard InChI is InChI=1S/C9H18N2OS.ClH/c1-7(5-10)9(12)11-6-8-3-2-4-13-8;/h7-8H,2-6,10H2,1H3,(H,11,12);1H. The van der Waals surface area contributed by atoms with E-state index in [0.29, 0.717) is 11.8 Å². The summed E-state index contributed by atoms with van der Waals surface area (Å²) in [5.74, 6) is 1.29. The zero-order chi connectivity index (χ0) is 9.68. The third kappa shape index (κ3) is 4.53. The summed E-state index contributed by atoms with van der Waals surface area (Å²) < 4.78 is 0. The molecule has 1 heterocycles. The maximum absolute atomic E-state index is 11.3. The van der Waals surface area contributed by atoms with E-state index in [1.54, 1.807) is 0 Å². The fraction of sp³-hybridized carbons (Fsp3) is 0.889. The Labute approximate surface area is 96.0 Å². The number of nitrogens with two attached hydrogens (primary N) is 1. The van der Waals surface area contributed by atoms with Crippen molar-refractivity contribution in [2.24, 2.45) is 11.7 Å². The fourth-order valence-electron chi connectivity index (χ4n) is 1.30. The van der Waals surface area contributed by atoms with E-state index >= 15 is 0 Å². The summed E-state index contributed by atoms with van der Waals surface area (Å²) in [6.45, 7) is 3.11. The van der Waals surface area contributed by atoms with Gasteiger partial charge in [0.2, 0.25) is 5.91 Å². The number of hydrogen-bond donors (Lipinski definition) is 2. The lowest BCUT2D eigenvalue weighted by atomic mass is 10.1. The molecule has 0 aromatic carbocycles. The number of rotatable bonds is 4. The van der Waals surface area contributed by atoms with Crippen molar-refractivity contribution in [1.82, 2.24) is 5.32 Å². The molecule has 1 amide bonds. The van der Waals surface area contributed by atoms with E-state index in [1.807, 2.05) is 18.7 Å². The molecule has 0 saturated carbocycles. The molecule has 0 aromatic heterocycles. The number of thioether (sulfide) groups is 1. The van der Waals surface area contributed by atoms with Gasteiger partial charge in [-0.1, -0.05) is 6.92 Å². The molecule has 1 aliphatic heterocycles. The van der Waals surface area contributed by atoms with Crippen LogP contribution in [0.15, 0.2) is 0 Å². The topological polar surface area (TPSA) is 55.1 Å². The second-order valence-electron chi connectivity index (χ2n) is 3.52. The summed E-state index contributed by atoms with van der Waals surface area (Å²) in [5.41, 5.74) is 5.39.